The Hall–Kier alpha value is -1.57. The highest BCUT2D eigenvalue weighted by Gasteiger charge is 2.20. The van der Waals surface area contributed by atoms with Crippen LogP contribution in [0.3, 0.4) is 0 Å². The van der Waals surface area contributed by atoms with Crippen LogP contribution < -0.4 is 9.62 Å². The quantitative estimate of drug-likeness (QED) is 0.865. The minimum absolute atomic E-state index is 0.346. The lowest BCUT2D eigenvalue weighted by Crippen LogP contribution is -2.48. The van der Waals surface area contributed by atoms with Gasteiger partial charge in [-0.15, -0.1) is 11.3 Å². The molecule has 1 aliphatic heterocycles. The number of anilines is 2. The Kier molecular flexibility index (Phi) is 5.36. The van der Waals surface area contributed by atoms with E-state index in [-0.39, 0.29) is 0 Å². The van der Waals surface area contributed by atoms with E-state index in [4.69, 9.17) is 0 Å². The summed E-state index contributed by atoms with van der Waals surface area (Å²) in [5.41, 5.74) is 1.73. The predicted molar refractivity (Wildman–Crippen MR) is 105 cm³/mol. The molecule has 0 amide bonds. The summed E-state index contributed by atoms with van der Waals surface area (Å²) in [6.07, 6.45) is 0. The van der Waals surface area contributed by atoms with Gasteiger partial charge in [0.25, 0.3) is 10.0 Å². The number of benzene rings is 1. The topological polar surface area (TPSA) is 52.7 Å². The molecule has 1 N–H and O–H groups in total. The van der Waals surface area contributed by atoms with Crippen LogP contribution in [0, 0.1) is 6.92 Å². The lowest BCUT2D eigenvalue weighted by Gasteiger charge is -2.38. The molecule has 7 heteroatoms. The number of thiophene rings is 1. The van der Waals surface area contributed by atoms with Gasteiger partial charge < -0.3 is 4.90 Å². The van der Waals surface area contributed by atoms with Crippen molar-refractivity contribution < 1.29 is 8.42 Å². The Balaban J connectivity index is 1.65. The van der Waals surface area contributed by atoms with Crippen molar-refractivity contribution in [3.63, 3.8) is 0 Å². The molecule has 0 atom stereocenters. The number of nitrogens with one attached hydrogen (secondary N) is 1. The van der Waals surface area contributed by atoms with Crippen LogP contribution in [-0.2, 0) is 10.0 Å². The Labute approximate surface area is 154 Å². The maximum absolute atomic E-state index is 12.4. The number of hydrogen-bond donors (Lipinski definition) is 1. The molecule has 0 bridgehead atoms. The van der Waals surface area contributed by atoms with Crippen molar-refractivity contribution in [3.05, 3.63) is 41.3 Å². The van der Waals surface area contributed by atoms with Crippen LogP contribution in [-0.4, -0.2) is 45.5 Å². The van der Waals surface area contributed by atoms with Crippen molar-refractivity contribution >= 4 is 32.7 Å². The van der Waals surface area contributed by atoms with Crippen molar-refractivity contribution in [2.75, 3.05) is 35.8 Å². The second-order valence-electron chi connectivity index (χ2n) is 6.63. The fourth-order valence-corrected chi connectivity index (χ4v) is 5.34. The molecule has 1 aromatic heterocycles. The Morgan fingerprint density at radius 3 is 2.16 bits per heavy atom. The molecule has 0 saturated carbocycles. The molecule has 136 valence electrons. The van der Waals surface area contributed by atoms with Gasteiger partial charge in [0.15, 0.2) is 0 Å². The van der Waals surface area contributed by atoms with Gasteiger partial charge in [0.2, 0.25) is 0 Å². The van der Waals surface area contributed by atoms with Crippen molar-refractivity contribution in [1.82, 2.24) is 4.90 Å². The highest BCUT2D eigenvalue weighted by molar-refractivity contribution is 7.94. The maximum Gasteiger partial charge on any atom is 0.271 e. The molecule has 1 saturated heterocycles. The van der Waals surface area contributed by atoms with Gasteiger partial charge in [0.1, 0.15) is 4.21 Å². The van der Waals surface area contributed by atoms with Crippen LogP contribution in [0.1, 0.15) is 18.7 Å². The zero-order valence-electron chi connectivity index (χ0n) is 14.9. The molecule has 25 heavy (non-hydrogen) atoms. The van der Waals surface area contributed by atoms with Gasteiger partial charge in [-0.05, 0) is 57.2 Å². The van der Waals surface area contributed by atoms with E-state index in [1.807, 2.05) is 37.3 Å². The fraction of sp³-hybridized carbons (Fsp3) is 0.444. The SMILES string of the molecule is Cc1ccc(S(=O)(=O)Nc2ccc(N3CCN(C(C)C)CC3)cc2)s1. The van der Waals surface area contributed by atoms with Crippen molar-refractivity contribution in [1.29, 1.82) is 0 Å². The summed E-state index contributed by atoms with van der Waals surface area (Å²) < 4.78 is 27.8. The van der Waals surface area contributed by atoms with Crippen molar-refractivity contribution in [3.8, 4) is 0 Å². The summed E-state index contributed by atoms with van der Waals surface area (Å²) in [5.74, 6) is 0. The lowest BCUT2D eigenvalue weighted by atomic mass is 10.2. The third-order valence-corrected chi connectivity index (χ3v) is 7.38. The normalized spacial score (nSPS) is 16.4. The van der Waals surface area contributed by atoms with Crippen molar-refractivity contribution in [2.45, 2.75) is 31.0 Å². The molecule has 5 nitrogen and oxygen atoms in total. The molecule has 0 aliphatic carbocycles. The van der Waals surface area contributed by atoms with E-state index in [9.17, 15) is 8.42 Å². The van der Waals surface area contributed by atoms with Crippen LogP contribution in [0.5, 0.6) is 0 Å². The first-order valence-corrected chi connectivity index (χ1v) is 10.8. The number of hydrogen-bond acceptors (Lipinski definition) is 5. The second-order valence-corrected chi connectivity index (χ2v) is 9.83. The predicted octanol–water partition coefficient (Wildman–Crippen LogP) is 3.39. The molecule has 3 rings (SSSR count). The molecule has 2 aromatic rings. The highest BCUT2D eigenvalue weighted by Crippen LogP contribution is 2.25. The van der Waals surface area contributed by atoms with Crippen LogP contribution >= 0.6 is 11.3 Å². The maximum atomic E-state index is 12.4. The van der Waals surface area contributed by atoms with Gasteiger partial charge in [0, 0.05) is 48.5 Å². The van der Waals surface area contributed by atoms with E-state index in [0.717, 1.165) is 36.7 Å². The number of aryl methyl sites for hydroxylation is 1. The average Bonchev–Trinajstić information content (AvgIpc) is 3.03. The zero-order valence-corrected chi connectivity index (χ0v) is 16.5. The van der Waals surface area contributed by atoms with E-state index < -0.39 is 10.0 Å². The van der Waals surface area contributed by atoms with Crippen LogP contribution in [0.15, 0.2) is 40.6 Å². The monoisotopic (exact) mass is 379 g/mol. The Morgan fingerprint density at radius 1 is 1.00 bits per heavy atom. The molecule has 1 fully saturated rings. The summed E-state index contributed by atoms with van der Waals surface area (Å²) in [6.45, 7) is 10.5. The third kappa shape index (κ3) is 4.34. The minimum atomic E-state index is -3.50. The van der Waals surface area contributed by atoms with Gasteiger partial charge in [-0.25, -0.2) is 8.42 Å². The number of sulfonamides is 1. The first kappa shape index (κ1) is 18.2. The molecule has 0 unspecified atom stereocenters. The van der Waals surface area contributed by atoms with Crippen LogP contribution in [0.4, 0.5) is 11.4 Å². The van der Waals surface area contributed by atoms with Crippen molar-refractivity contribution in [2.24, 2.45) is 0 Å². The summed E-state index contributed by atoms with van der Waals surface area (Å²) in [6, 6.07) is 11.7. The standard InChI is InChI=1S/C18H25N3O2S2/c1-14(2)20-10-12-21(13-11-20)17-7-5-16(6-8-17)19-25(22,23)18-9-4-15(3)24-18/h4-9,14,19H,10-13H2,1-3H3. The van der Waals surface area contributed by atoms with Gasteiger partial charge in [-0.3, -0.25) is 9.62 Å². The largest absolute Gasteiger partial charge is 0.369 e. The first-order chi connectivity index (χ1) is 11.8. The fourth-order valence-electron chi connectivity index (χ4n) is 3.00. The average molecular weight is 380 g/mol. The summed E-state index contributed by atoms with van der Waals surface area (Å²) in [5, 5.41) is 0. The molecule has 2 heterocycles. The number of rotatable bonds is 5. The molecular weight excluding hydrogens is 354 g/mol. The molecule has 0 spiro atoms. The first-order valence-electron chi connectivity index (χ1n) is 8.53. The van der Waals surface area contributed by atoms with Crippen LogP contribution in [0.25, 0.3) is 0 Å². The number of piperazine rings is 1. The third-order valence-electron chi connectivity index (χ3n) is 4.51. The summed E-state index contributed by atoms with van der Waals surface area (Å²) >= 11 is 1.28. The van der Waals surface area contributed by atoms with E-state index in [1.165, 1.54) is 11.3 Å². The Morgan fingerprint density at radius 2 is 1.64 bits per heavy atom. The molecule has 0 radical (unpaired) electrons. The zero-order chi connectivity index (χ0) is 18.0. The molecule has 1 aliphatic rings. The summed E-state index contributed by atoms with van der Waals surface area (Å²) in [7, 11) is -3.50. The highest BCUT2D eigenvalue weighted by atomic mass is 32.2. The van der Waals surface area contributed by atoms with Gasteiger partial charge in [-0.1, -0.05) is 0 Å². The smallest absolute Gasteiger partial charge is 0.271 e. The molecular formula is C18H25N3O2S2. The lowest BCUT2D eigenvalue weighted by molar-refractivity contribution is 0.209. The van der Waals surface area contributed by atoms with Gasteiger partial charge >= 0.3 is 0 Å². The second kappa shape index (κ2) is 7.35. The van der Waals surface area contributed by atoms with Crippen LogP contribution in [0.2, 0.25) is 0 Å². The molecule has 1 aromatic carbocycles. The van der Waals surface area contributed by atoms with E-state index >= 15 is 0 Å². The number of nitrogens with zero attached hydrogens (tertiary/aromatic N) is 2. The Bertz CT molecular complexity index is 805. The van der Waals surface area contributed by atoms with E-state index in [0.29, 0.717) is 15.9 Å². The summed E-state index contributed by atoms with van der Waals surface area (Å²) in [4.78, 5) is 5.80. The van der Waals surface area contributed by atoms with Gasteiger partial charge in [-0.2, -0.15) is 0 Å². The van der Waals surface area contributed by atoms with E-state index in [2.05, 4.69) is 28.4 Å². The minimum Gasteiger partial charge on any atom is -0.369 e. The van der Waals surface area contributed by atoms with Gasteiger partial charge in [0.05, 0.1) is 0 Å². The van der Waals surface area contributed by atoms with E-state index in [1.54, 1.807) is 6.07 Å².